The van der Waals surface area contributed by atoms with Crippen molar-refractivity contribution in [3.63, 3.8) is 0 Å². The minimum atomic E-state index is -4.31. The molecule has 8 heteroatoms. The van der Waals surface area contributed by atoms with Gasteiger partial charge >= 0.3 is 6.18 Å². The summed E-state index contributed by atoms with van der Waals surface area (Å²) in [6.07, 6.45) is -2.55. The zero-order chi connectivity index (χ0) is 17.3. The lowest BCUT2D eigenvalue weighted by atomic mass is 10.0. The van der Waals surface area contributed by atoms with Gasteiger partial charge in [-0.15, -0.1) is 0 Å². The van der Waals surface area contributed by atoms with Crippen LogP contribution in [-0.2, 0) is 9.53 Å². The molecule has 1 aliphatic heterocycles. The highest BCUT2D eigenvalue weighted by molar-refractivity contribution is 5.81. The minimum Gasteiger partial charge on any atom is -0.379 e. The van der Waals surface area contributed by atoms with E-state index in [1.807, 2.05) is 0 Å². The van der Waals surface area contributed by atoms with Gasteiger partial charge in [-0.2, -0.15) is 13.2 Å². The average molecular weight is 339 g/mol. The molecule has 0 aromatic rings. The second kappa shape index (κ2) is 10.1. The SMILES string of the molecule is CC(C)[C@@H](NCC(F)(F)F)C(=O)NCCCCN1CCOCC1. The number of hydrogen-bond donors (Lipinski definition) is 2. The zero-order valence-electron chi connectivity index (χ0n) is 13.9. The van der Waals surface area contributed by atoms with E-state index in [1.54, 1.807) is 13.8 Å². The van der Waals surface area contributed by atoms with Crippen LogP contribution in [0.3, 0.4) is 0 Å². The molecule has 0 radical (unpaired) electrons. The van der Waals surface area contributed by atoms with Crippen molar-refractivity contribution in [2.75, 3.05) is 45.9 Å². The van der Waals surface area contributed by atoms with Crippen molar-refractivity contribution in [1.82, 2.24) is 15.5 Å². The summed E-state index contributed by atoms with van der Waals surface area (Å²) in [5.74, 6) is -0.568. The van der Waals surface area contributed by atoms with E-state index in [1.165, 1.54) is 0 Å². The summed E-state index contributed by atoms with van der Waals surface area (Å²) in [5.41, 5.74) is 0. The van der Waals surface area contributed by atoms with Gasteiger partial charge in [-0.3, -0.25) is 15.0 Å². The van der Waals surface area contributed by atoms with Gasteiger partial charge in [-0.1, -0.05) is 13.8 Å². The topological polar surface area (TPSA) is 53.6 Å². The number of ether oxygens (including phenoxy) is 1. The zero-order valence-corrected chi connectivity index (χ0v) is 13.9. The van der Waals surface area contributed by atoms with Crippen LogP contribution in [0.25, 0.3) is 0 Å². The normalized spacial score (nSPS) is 18.2. The first-order valence-electron chi connectivity index (χ1n) is 8.17. The molecule has 0 saturated carbocycles. The fourth-order valence-corrected chi connectivity index (χ4v) is 2.46. The molecule has 1 rings (SSSR count). The van der Waals surface area contributed by atoms with E-state index in [2.05, 4.69) is 15.5 Å². The third-order valence-electron chi connectivity index (χ3n) is 3.78. The molecule has 23 heavy (non-hydrogen) atoms. The van der Waals surface area contributed by atoms with Crippen LogP contribution >= 0.6 is 0 Å². The van der Waals surface area contributed by atoms with E-state index in [-0.39, 0.29) is 11.8 Å². The van der Waals surface area contributed by atoms with Crippen LogP contribution in [0.4, 0.5) is 13.2 Å². The number of nitrogens with one attached hydrogen (secondary N) is 2. The fourth-order valence-electron chi connectivity index (χ4n) is 2.46. The molecule has 1 heterocycles. The van der Waals surface area contributed by atoms with E-state index >= 15 is 0 Å². The highest BCUT2D eigenvalue weighted by Gasteiger charge is 2.31. The maximum Gasteiger partial charge on any atom is 0.401 e. The van der Waals surface area contributed by atoms with Crippen LogP contribution < -0.4 is 10.6 Å². The van der Waals surface area contributed by atoms with Crippen molar-refractivity contribution in [3.8, 4) is 0 Å². The van der Waals surface area contributed by atoms with Gasteiger partial charge in [0, 0.05) is 19.6 Å². The quantitative estimate of drug-likeness (QED) is 0.624. The number of rotatable bonds is 9. The molecule has 0 unspecified atom stereocenters. The van der Waals surface area contributed by atoms with Crippen LogP contribution in [0.5, 0.6) is 0 Å². The summed E-state index contributed by atoms with van der Waals surface area (Å²) in [5, 5.41) is 5.02. The molecule has 2 N–H and O–H groups in total. The molecule has 0 bridgehead atoms. The number of carbonyl (C=O) groups excluding carboxylic acids is 1. The van der Waals surface area contributed by atoms with Crippen molar-refractivity contribution in [2.24, 2.45) is 5.92 Å². The van der Waals surface area contributed by atoms with Gasteiger partial charge in [0.25, 0.3) is 0 Å². The first kappa shape index (κ1) is 20.2. The molecule has 1 fully saturated rings. The molecular formula is C15H28F3N3O2. The van der Waals surface area contributed by atoms with Crippen LogP contribution in [0.2, 0.25) is 0 Å². The summed E-state index contributed by atoms with van der Waals surface area (Å²) in [4.78, 5) is 14.3. The third-order valence-corrected chi connectivity index (χ3v) is 3.78. The number of amides is 1. The van der Waals surface area contributed by atoms with Crippen LogP contribution in [0, 0.1) is 5.92 Å². The predicted molar refractivity (Wildman–Crippen MR) is 82.2 cm³/mol. The number of alkyl halides is 3. The van der Waals surface area contributed by atoms with Gasteiger partial charge in [0.1, 0.15) is 0 Å². The van der Waals surface area contributed by atoms with E-state index < -0.39 is 18.8 Å². The molecule has 0 aliphatic carbocycles. The highest BCUT2D eigenvalue weighted by atomic mass is 19.4. The van der Waals surface area contributed by atoms with Gasteiger partial charge in [0.05, 0.1) is 25.8 Å². The molecule has 1 saturated heterocycles. The number of unbranched alkanes of at least 4 members (excludes halogenated alkanes) is 1. The van der Waals surface area contributed by atoms with Gasteiger partial charge in [0.2, 0.25) is 5.91 Å². The first-order valence-corrected chi connectivity index (χ1v) is 8.17. The minimum absolute atomic E-state index is 0.203. The monoisotopic (exact) mass is 339 g/mol. The van der Waals surface area contributed by atoms with E-state index in [0.717, 1.165) is 45.7 Å². The average Bonchev–Trinajstić information content (AvgIpc) is 2.46. The molecule has 0 aromatic carbocycles. The van der Waals surface area contributed by atoms with Gasteiger partial charge in [-0.05, 0) is 25.3 Å². The van der Waals surface area contributed by atoms with Crippen LogP contribution in [-0.4, -0.2) is 69.0 Å². The van der Waals surface area contributed by atoms with Crippen molar-refractivity contribution < 1.29 is 22.7 Å². The number of hydrogen-bond acceptors (Lipinski definition) is 4. The Morgan fingerprint density at radius 3 is 2.43 bits per heavy atom. The van der Waals surface area contributed by atoms with Gasteiger partial charge in [0.15, 0.2) is 0 Å². The fraction of sp³-hybridized carbons (Fsp3) is 0.933. The highest BCUT2D eigenvalue weighted by Crippen LogP contribution is 2.14. The predicted octanol–water partition coefficient (Wildman–Crippen LogP) is 1.39. The molecule has 1 atom stereocenters. The summed E-state index contributed by atoms with van der Waals surface area (Å²) in [7, 11) is 0. The summed E-state index contributed by atoms with van der Waals surface area (Å²) >= 11 is 0. The summed E-state index contributed by atoms with van der Waals surface area (Å²) in [6, 6.07) is -0.823. The Morgan fingerprint density at radius 1 is 1.22 bits per heavy atom. The Kier molecular flexibility index (Phi) is 8.86. The number of nitrogens with zero attached hydrogens (tertiary/aromatic N) is 1. The Bertz CT molecular complexity index is 345. The molecule has 136 valence electrons. The second-order valence-corrected chi connectivity index (χ2v) is 6.17. The van der Waals surface area contributed by atoms with Gasteiger partial charge in [-0.25, -0.2) is 0 Å². The van der Waals surface area contributed by atoms with Crippen molar-refractivity contribution >= 4 is 5.91 Å². The maximum absolute atomic E-state index is 12.3. The molecular weight excluding hydrogens is 311 g/mol. The molecule has 0 aromatic heterocycles. The van der Waals surface area contributed by atoms with E-state index in [4.69, 9.17) is 4.74 Å². The standard InChI is InChI=1S/C15H28F3N3O2/c1-12(2)13(20-11-15(16,17)18)14(22)19-5-3-4-6-21-7-9-23-10-8-21/h12-13,20H,3-11H2,1-2H3,(H,19,22)/t13-/m1/s1. The lowest BCUT2D eigenvalue weighted by Crippen LogP contribution is -2.50. The van der Waals surface area contributed by atoms with Gasteiger partial charge < -0.3 is 10.1 Å². The van der Waals surface area contributed by atoms with Crippen LogP contribution in [0.15, 0.2) is 0 Å². The summed E-state index contributed by atoms with van der Waals surface area (Å²) in [6.45, 7) is 7.14. The van der Waals surface area contributed by atoms with Crippen molar-refractivity contribution in [2.45, 2.75) is 38.9 Å². The molecule has 1 amide bonds. The Morgan fingerprint density at radius 2 is 1.87 bits per heavy atom. The van der Waals surface area contributed by atoms with Crippen molar-refractivity contribution in [1.29, 1.82) is 0 Å². The number of carbonyl (C=O) groups is 1. The van der Waals surface area contributed by atoms with E-state index in [0.29, 0.717) is 6.54 Å². The molecule has 1 aliphatic rings. The lowest BCUT2D eigenvalue weighted by Gasteiger charge is -2.26. The number of halogens is 3. The second-order valence-electron chi connectivity index (χ2n) is 6.17. The Hall–Kier alpha value is -0.860. The molecule has 0 spiro atoms. The van der Waals surface area contributed by atoms with Crippen LogP contribution in [0.1, 0.15) is 26.7 Å². The third kappa shape index (κ3) is 9.12. The Balaban J connectivity index is 2.18. The smallest absolute Gasteiger partial charge is 0.379 e. The first-order chi connectivity index (χ1) is 10.8. The summed E-state index contributed by atoms with van der Waals surface area (Å²) < 4.78 is 42.1. The largest absolute Gasteiger partial charge is 0.401 e. The Labute approximate surface area is 135 Å². The maximum atomic E-state index is 12.3. The lowest BCUT2D eigenvalue weighted by molar-refractivity contribution is -0.133. The number of morpholine rings is 1. The van der Waals surface area contributed by atoms with E-state index in [9.17, 15) is 18.0 Å². The molecule has 5 nitrogen and oxygen atoms in total. The van der Waals surface area contributed by atoms with Crippen molar-refractivity contribution in [3.05, 3.63) is 0 Å².